The maximum atomic E-state index is 14.3. The summed E-state index contributed by atoms with van der Waals surface area (Å²) in [5, 5.41) is 47.0. The molecule has 1 aromatic carbocycles. The minimum atomic E-state index is -2.82. The number of benzene rings is 1. The number of aromatic hydroxyl groups is 1. The lowest BCUT2D eigenvalue weighted by atomic mass is 9.57. The summed E-state index contributed by atoms with van der Waals surface area (Å²) in [6, 6.07) is 2.68. The number of aliphatic hydroxyl groups excluding tert-OH is 1. The van der Waals surface area contributed by atoms with Crippen LogP contribution in [0.1, 0.15) is 112 Å². The first-order chi connectivity index (χ1) is 27.8. The number of ether oxygens (including phenoxy) is 7. The molecule has 0 unspecified atom stereocenters. The molecule has 0 amide bonds. The van der Waals surface area contributed by atoms with Crippen LogP contribution in [0.3, 0.4) is 0 Å². The number of fused-ring (bicyclic) bond motifs is 3. The van der Waals surface area contributed by atoms with Gasteiger partial charge in [0.2, 0.25) is 0 Å². The van der Waals surface area contributed by atoms with Gasteiger partial charge < -0.3 is 53.6 Å². The Bertz CT molecular complexity index is 2040. The number of Topliss-reactive ketones (excluding diaryl/α,β-unsaturated/α-hetero) is 4. The van der Waals surface area contributed by atoms with Crippen molar-refractivity contribution < 1.29 is 77.6 Å². The second kappa shape index (κ2) is 15.3. The summed E-state index contributed by atoms with van der Waals surface area (Å²) < 4.78 is 41.9. The molecule has 1 saturated carbocycles. The monoisotopic (exact) mass is 822 g/mol. The highest BCUT2D eigenvalue weighted by molar-refractivity contribution is 6.32. The molecule has 8 rings (SSSR count). The third kappa shape index (κ3) is 7.20. The molecule has 4 fully saturated rings. The third-order valence-corrected chi connectivity index (χ3v) is 12.7. The summed E-state index contributed by atoms with van der Waals surface area (Å²) in [4.78, 5) is 66.3. The normalized spacial score (nSPS) is 42.4. The molecule has 14 atom stereocenters. The van der Waals surface area contributed by atoms with Crippen LogP contribution in [-0.4, -0.2) is 128 Å². The van der Waals surface area contributed by atoms with Gasteiger partial charge in [0, 0.05) is 55.2 Å². The van der Waals surface area contributed by atoms with Crippen LogP contribution < -0.4 is 0 Å². The number of carbonyl (C=O) groups excluding carboxylic acids is 5. The summed E-state index contributed by atoms with van der Waals surface area (Å²) in [7, 11) is 0. The second-order valence-corrected chi connectivity index (χ2v) is 17.1. The zero-order chi connectivity index (χ0) is 42.3. The van der Waals surface area contributed by atoms with E-state index in [0.717, 1.165) is 6.08 Å². The van der Waals surface area contributed by atoms with Crippen molar-refractivity contribution in [3.8, 4) is 5.75 Å². The van der Waals surface area contributed by atoms with Crippen molar-refractivity contribution in [2.24, 2.45) is 0 Å². The minimum Gasteiger partial charge on any atom is -0.507 e. The molecule has 16 nitrogen and oxygen atoms in total. The standard InChI is InChI=1S/C43H50O16/c1-19-26(44)8-11-32(54-19)57-29-10-13-34(56-21(29)3)59-41(5)17-31(47)43(52)36-25(14-15-42(43,51)18-41)38(49)35-24(39(36)50)7-6-23(37(35)48)30-16-28(46)40(22(4)53-30)58-33-12-9-27(45)20(2)55-33/h6-8,11,14-15,19-22,28-30,32-34,40,46,48,51-52H,9-10,12-13,16-18H2,1-5H3/t19-,20-,21+,22-,28-,29+,30-,32+,33+,34+,40+,41+,42-,43+/m1/s1. The van der Waals surface area contributed by atoms with E-state index in [1.165, 1.54) is 24.3 Å². The topological polar surface area (TPSA) is 231 Å². The van der Waals surface area contributed by atoms with Crippen LogP contribution in [0.2, 0.25) is 0 Å². The summed E-state index contributed by atoms with van der Waals surface area (Å²) in [6.45, 7) is 8.35. The molecule has 59 heavy (non-hydrogen) atoms. The predicted octanol–water partition coefficient (Wildman–Crippen LogP) is 2.71. The lowest BCUT2D eigenvalue weighted by Crippen LogP contribution is -2.69. The van der Waals surface area contributed by atoms with Gasteiger partial charge in [0.05, 0.1) is 47.3 Å². The number of phenolic OH excluding ortho intramolecular Hbond substituents is 1. The van der Waals surface area contributed by atoms with Gasteiger partial charge in [0.15, 0.2) is 53.4 Å². The van der Waals surface area contributed by atoms with E-state index in [4.69, 9.17) is 33.2 Å². The maximum absolute atomic E-state index is 14.3. The first kappa shape index (κ1) is 41.9. The largest absolute Gasteiger partial charge is 0.507 e. The van der Waals surface area contributed by atoms with Crippen molar-refractivity contribution in [3.63, 3.8) is 0 Å². The Kier molecular flexibility index (Phi) is 10.8. The lowest BCUT2D eigenvalue weighted by Gasteiger charge is -2.53. The number of ketones is 5. The molecule has 3 saturated heterocycles. The van der Waals surface area contributed by atoms with E-state index in [2.05, 4.69) is 0 Å². The third-order valence-electron chi connectivity index (χ3n) is 12.7. The van der Waals surface area contributed by atoms with Gasteiger partial charge in [-0.3, -0.25) is 24.0 Å². The fourth-order valence-corrected chi connectivity index (χ4v) is 9.57. The van der Waals surface area contributed by atoms with Crippen molar-refractivity contribution in [1.29, 1.82) is 0 Å². The van der Waals surface area contributed by atoms with E-state index < -0.39 is 120 Å². The van der Waals surface area contributed by atoms with Crippen LogP contribution in [0, 0.1) is 0 Å². The highest BCUT2D eigenvalue weighted by Crippen LogP contribution is 2.53. The summed E-state index contributed by atoms with van der Waals surface area (Å²) in [5.41, 5.74) is -8.01. The molecular formula is C43H50O16. The van der Waals surface area contributed by atoms with E-state index >= 15 is 0 Å². The van der Waals surface area contributed by atoms with E-state index in [-0.39, 0.29) is 53.1 Å². The molecule has 3 aliphatic carbocycles. The van der Waals surface area contributed by atoms with Crippen molar-refractivity contribution in [1.82, 2.24) is 0 Å². The van der Waals surface area contributed by atoms with Gasteiger partial charge in [-0.2, -0.15) is 0 Å². The fraction of sp³-hybridized carbons (Fsp3) is 0.605. The van der Waals surface area contributed by atoms with Gasteiger partial charge in [0.25, 0.3) is 0 Å². The van der Waals surface area contributed by atoms with Crippen LogP contribution in [0.25, 0.3) is 0 Å². The van der Waals surface area contributed by atoms with Crippen LogP contribution in [0.15, 0.2) is 47.6 Å². The number of aliphatic hydroxyl groups is 3. The molecule has 0 aromatic heterocycles. The smallest absolute Gasteiger partial charge is 0.198 e. The number of hydrogen-bond acceptors (Lipinski definition) is 16. The second-order valence-electron chi connectivity index (χ2n) is 17.1. The number of carbonyl (C=O) groups is 5. The van der Waals surface area contributed by atoms with E-state index in [9.17, 15) is 44.4 Å². The zero-order valence-corrected chi connectivity index (χ0v) is 33.5. The van der Waals surface area contributed by atoms with Crippen molar-refractivity contribution in [2.45, 2.75) is 164 Å². The maximum Gasteiger partial charge on any atom is 0.198 e. The van der Waals surface area contributed by atoms with E-state index in [0.29, 0.717) is 19.3 Å². The van der Waals surface area contributed by atoms with E-state index in [1.807, 2.05) is 0 Å². The Morgan fingerprint density at radius 2 is 1.59 bits per heavy atom. The van der Waals surface area contributed by atoms with Gasteiger partial charge in [0.1, 0.15) is 29.7 Å². The Morgan fingerprint density at radius 1 is 0.831 bits per heavy atom. The Hall–Kier alpha value is -3.81. The molecule has 4 N–H and O–H groups in total. The SMILES string of the molecule is C[C@@H]1O[C@@H](O[C@@]2(C)CC(=O)[C@]3(O)C4=C(C=C[C@@]3(O)C2)C(=O)c2c(ccc([C@H]3C[C@@H](O)[C@@H](O[C@H]5CCC(=O)[C@@H](C)O5)[C@@H](C)O3)c2O)C4=O)CC[C@@H]1O[C@H]1C=CC(=O)[C@@H](C)O1. The molecule has 0 bridgehead atoms. The average molecular weight is 823 g/mol. The zero-order valence-electron chi connectivity index (χ0n) is 33.5. The molecule has 4 heterocycles. The predicted molar refractivity (Wildman–Crippen MR) is 201 cm³/mol. The van der Waals surface area contributed by atoms with Gasteiger partial charge in [-0.05, 0) is 65.3 Å². The van der Waals surface area contributed by atoms with Gasteiger partial charge in [-0.25, -0.2) is 0 Å². The van der Waals surface area contributed by atoms with Gasteiger partial charge in [-0.15, -0.1) is 0 Å². The molecule has 318 valence electrons. The fourth-order valence-electron chi connectivity index (χ4n) is 9.57. The minimum absolute atomic E-state index is 0.0357. The van der Waals surface area contributed by atoms with Crippen LogP contribution in [0.5, 0.6) is 5.75 Å². The molecule has 0 spiro atoms. The molecule has 4 aliphatic heterocycles. The number of rotatable bonds is 7. The highest BCUT2D eigenvalue weighted by atomic mass is 16.7. The van der Waals surface area contributed by atoms with Crippen molar-refractivity contribution >= 4 is 28.9 Å². The van der Waals surface area contributed by atoms with Gasteiger partial charge in [-0.1, -0.05) is 12.1 Å². The molecule has 16 heteroatoms. The summed E-state index contributed by atoms with van der Waals surface area (Å²) >= 11 is 0. The summed E-state index contributed by atoms with van der Waals surface area (Å²) in [6.07, 6.45) is -2.04. The number of phenols is 1. The van der Waals surface area contributed by atoms with Crippen molar-refractivity contribution in [3.05, 3.63) is 64.3 Å². The van der Waals surface area contributed by atoms with Crippen molar-refractivity contribution in [2.75, 3.05) is 0 Å². The first-order valence-electron chi connectivity index (χ1n) is 20.2. The Labute approximate surface area is 340 Å². The Morgan fingerprint density at radius 3 is 2.29 bits per heavy atom. The molecule has 1 aromatic rings. The summed E-state index contributed by atoms with van der Waals surface area (Å²) in [5.74, 6) is -3.46. The lowest BCUT2D eigenvalue weighted by molar-refractivity contribution is -0.290. The molecule has 0 radical (unpaired) electrons. The Balaban J connectivity index is 0.965. The average Bonchev–Trinajstić information content (AvgIpc) is 3.16. The molecular weight excluding hydrogens is 772 g/mol. The number of allylic oxidation sites excluding steroid dienone is 2. The number of hydrogen-bond donors (Lipinski definition) is 4. The van der Waals surface area contributed by atoms with Crippen LogP contribution in [0.4, 0.5) is 0 Å². The highest BCUT2D eigenvalue weighted by Gasteiger charge is 2.67. The van der Waals surface area contributed by atoms with E-state index in [1.54, 1.807) is 40.7 Å². The first-order valence-corrected chi connectivity index (χ1v) is 20.2. The quantitative estimate of drug-likeness (QED) is 0.310. The van der Waals surface area contributed by atoms with Gasteiger partial charge >= 0.3 is 0 Å². The van der Waals surface area contributed by atoms with Crippen LogP contribution >= 0.6 is 0 Å². The molecule has 7 aliphatic rings. The van der Waals surface area contributed by atoms with Crippen LogP contribution in [-0.2, 0) is 47.5 Å².